The summed E-state index contributed by atoms with van der Waals surface area (Å²) in [5.41, 5.74) is -6.57. The van der Waals surface area contributed by atoms with E-state index < -0.39 is 97.8 Å². The highest BCUT2D eigenvalue weighted by molar-refractivity contribution is 7.48. The Hall–Kier alpha value is -6.61. The van der Waals surface area contributed by atoms with Crippen LogP contribution in [0.15, 0.2) is 106 Å². The molecule has 101 heavy (non-hydrogen) atoms. The lowest BCUT2D eigenvalue weighted by atomic mass is 9.72. The van der Waals surface area contributed by atoms with E-state index >= 15 is 44.1 Å². The van der Waals surface area contributed by atoms with Crippen LogP contribution in [0.5, 0.6) is 17.2 Å². The van der Waals surface area contributed by atoms with Crippen LogP contribution in [0.25, 0.3) is 32.3 Å². The third-order valence-corrected chi connectivity index (χ3v) is 23.4. The SMILES string of the molecule is CC1=NC(COP(=O)(OCC2(c3ccc4c(C(F)(F)F)c(OC5CCC(C(C)(C)C)CC5)ccc4c3)COC(C)=N2)OCC2(c3ccc4c(C(F)(F)F)c(OC5CCC(C(C)(C)C)CC5)ccc4c3)COC(C)=N2)(c2ccc3c(C(F)(F)F)c(OC4CCC(C(C)(C)C)CC4)ccc3c2)CO1. The lowest BCUT2D eigenvalue weighted by Gasteiger charge is -2.37. The van der Waals surface area contributed by atoms with Crippen molar-refractivity contribution in [3.8, 4) is 17.2 Å². The summed E-state index contributed by atoms with van der Waals surface area (Å²) < 4.78 is 211. The highest BCUT2D eigenvalue weighted by Crippen LogP contribution is 2.57. The Balaban J connectivity index is 0.882. The smallest absolute Gasteiger partial charge is 0.475 e. The van der Waals surface area contributed by atoms with Gasteiger partial charge >= 0.3 is 26.4 Å². The molecule has 0 spiro atoms. The van der Waals surface area contributed by atoms with E-state index in [-0.39, 0.29) is 103 Å². The number of aliphatic imine (C=N–C) groups is 3. The molecule has 0 bridgehead atoms. The molecule has 0 radical (unpaired) electrons. The molecule has 3 heterocycles. The van der Waals surface area contributed by atoms with Gasteiger partial charge in [0.2, 0.25) is 0 Å². The number of fused-ring (bicyclic) bond motifs is 3. The maximum Gasteiger partial charge on any atom is 0.475 e. The lowest BCUT2D eigenvalue weighted by Crippen LogP contribution is -2.35. The average molecular weight is 1430 g/mol. The number of benzene rings is 6. The monoisotopic (exact) mass is 1430 g/mol. The van der Waals surface area contributed by atoms with E-state index in [2.05, 4.69) is 62.3 Å². The summed E-state index contributed by atoms with van der Waals surface area (Å²) in [5, 5.41) is 0.147. The summed E-state index contributed by atoms with van der Waals surface area (Å²) in [4.78, 5) is 14.5. The minimum absolute atomic E-state index is 0.0494. The predicted octanol–water partition coefficient (Wildman–Crippen LogP) is 21.6. The van der Waals surface area contributed by atoms with Gasteiger partial charge in [0.25, 0.3) is 0 Å². The van der Waals surface area contributed by atoms with Crippen molar-refractivity contribution in [2.45, 2.75) is 214 Å². The van der Waals surface area contributed by atoms with Gasteiger partial charge in [-0.15, -0.1) is 0 Å². The fourth-order valence-corrected chi connectivity index (χ4v) is 17.3. The Bertz CT molecular complexity index is 3780. The fraction of sp³-hybridized carbons (Fsp3) is 0.577. The number of hydrogen-bond donors (Lipinski definition) is 0. The summed E-state index contributed by atoms with van der Waals surface area (Å²) in [5.74, 6) is 0.878. The maximum atomic E-state index is 16.2. The van der Waals surface area contributed by atoms with Crippen LogP contribution in [0.2, 0.25) is 0 Å². The van der Waals surface area contributed by atoms with Crippen LogP contribution in [-0.4, -0.2) is 75.6 Å². The molecule has 3 aliphatic carbocycles. The zero-order chi connectivity index (χ0) is 72.7. The first-order valence-corrected chi connectivity index (χ1v) is 36.7. The topological polar surface area (TPSA) is 137 Å². The summed E-state index contributed by atoms with van der Waals surface area (Å²) >= 11 is 0. The second-order valence-electron chi connectivity index (χ2n) is 32.1. The van der Waals surface area contributed by atoms with Gasteiger partial charge in [0.15, 0.2) is 17.7 Å². The third-order valence-electron chi connectivity index (χ3n) is 22.0. The van der Waals surface area contributed by atoms with Gasteiger partial charge in [-0.2, -0.15) is 39.5 Å². The molecular formula is C78H93F9N3O10P. The van der Waals surface area contributed by atoms with Crippen molar-refractivity contribution in [2.24, 2.45) is 49.0 Å². The Morgan fingerprint density at radius 2 is 0.634 bits per heavy atom. The molecule has 3 atom stereocenters. The van der Waals surface area contributed by atoms with E-state index in [1.807, 2.05) is 0 Å². The molecule has 3 fully saturated rings. The molecule has 6 aliphatic rings. The molecular weight excluding hydrogens is 1340 g/mol. The molecule has 3 unspecified atom stereocenters. The number of ether oxygens (including phenoxy) is 6. The zero-order valence-electron chi connectivity index (χ0n) is 59.6. The largest absolute Gasteiger partial charge is 0.490 e. The highest BCUT2D eigenvalue weighted by Gasteiger charge is 2.50. The highest BCUT2D eigenvalue weighted by atomic mass is 31.2. The Kier molecular flexibility index (Phi) is 20.1. The van der Waals surface area contributed by atoms with E-state index in [4.69, 9.17) is 57.0 Å². The molecule has 0 N–H and O–H groups in total. The summed E-state index contributed by atoms with van der Waals surface area (Å²) in [6, 6.07) is 21.6. The molecule has 0 amide bonds. The molecule has 0 aromatic heterocycles. The van der Waals surface area contributed by atoms with Crippen LogP contribution in [0, 0.1) is 34.0 Å². The fourth-order valence-electron chi connectivity index (χ4n) is 16.0. The van der Waals surface area contributed by atoms with Gasteiger partial charge in [0.1, 0.15) is 70.4 Å². The van der Waals surface area contributed by atoms with Crippen LogP contribution in [-0.2, 0) is 67.5 Å². The van der Waals surface area contributed by atoms with Gasteiger partial charge in [-0.05, 0) is 196 Å². The quantitative estimate of drug-likeness (QED) is 0.0604. The van der Waals surface area contributed by atoms with Crippen molar-refractivity contribution in [1.82, 2.24) is 0 Å². The van der Waals surface area contributed by atoms with Crippen LogP contribution in [0.1, 0.15) is 194 Å². The van der Waals surface area contributed by atoms with E-state index in [9.17, 15) is 0 Å². The summed E-state index contributed by atoms with van der Waals surface area (Å²) in [6.45, 7) is 21.5. The molecule has 548 valence electrons. The first kappa shape index (κ1) is 74.1. The van der Waals surface area contributed by atoms with Gasteiger partial charge in [-0.3, -0.25) is 13.6 Å². The van der Waals surface area contributed by atoms with Gasteiger partial charge in [-0.1, -0.05) is 117 Å². The van der Waals surface area contributed by atoms with E-state index in [1.165, 1.54) is 72.8 Å². The van der Waals surface area contributed by atoms with Crippen molar-refractivity contribution >= 4 is 57.8 Å². The minimum atomic E-state index is -5.14. The Morgan fingerprint density at radius 1 is 0.386 bits per heavy atom. The maximum absolute atomic E-state index is 16.2. The number of alkyl halides is 9. The molecule has 6 aromatic carbocycles. The Morgan fingerprint density at radius 3 is 0.842 bits per heavy atom. The molecule has 3 saturated carbocycles. The number of phosphoric ester groups is 1. The normalized spacial score (nSPS) is 27.0. The van der Waals surface area contributed by atoms with Crippen molar-refractivity contribution in [2.75, 3.05) is 39.6 Å². The predicted molar refractivity (Wildman–Crippen MR) is 372 cm³/mol. The van der Waals surface area contributed by atoms with Crippen LogP contribution >= 0.6 is 7.82 Å². The number of rotatable bonds is 18. The first-order valence-electron chi connectivity index (χ1n) is 35.3. The number of phosphoric acid groups is 1. The van der Waals surface area contributed by atoms with Crippen LogP contribution in [0.4, 0.5) is 39.5 Å². The standard InChI is InChI=1S/C78H93F9N3O10P/c1-46-88-73(40-92-46,55-22-31-61-49(37-55)13-34-64(67(61)76(79,80)81)98-58-25-16-52(17-26-58)70(4,5)6)43-95-101(91,96-44-74(41-93-47(2)89-74)56-23-32-62-50(38-56)14-35-65(68(62)77(82,83)84)99-59-27-18-53(19-28-59)71(7,8)9)97-45-75(42-94-48(3)90-75)57-24-33-63-51(39-57)15-36-66(69(63)78(85,86)87)100-60-29-20-54(21-30-60)72(10,11)12/h13-15,22-24,31-39,52-54,58-60H,16-21,25-30,40-45H2,1-12H3. The first-order chi connectivity index (χ1) is 47.2. The van der Waals surface area contributed by atoms with E-state index in [0.29, 0.717) is 73.0 Å². The summed E-state index contributed by atoms with van der Waals surface area (Å²) in [7, 11) is -5.14. The third kappa shape index (κ3) is 15.9. The molecule has 6 aromatic rings. The van der Waals surface area contributed by atoms with Crippen LogP contribution in [0.3, 0.4) is 0 Å². The molecule has 13 nitrogen and oxygen atoms in total. The van der Waals surface area contributed by atoms with Gasteiger partial charge in [-0.25, -0.2) is 19.5 Å². The van der Waals surface area contributed by atoms with E-state index in [0.717, 1.165) is 38.5 Å². The molecule has 23 heteroatoms. The Labute approximate surface area is 585 Å². The van der Waals surface area contributed by atoms with Crippen molar-refractivity contribution < 1.29 is 86.1 Å². The molecule has 3 aliphatic heterocycles. The number of halogens is 9. The number of nitrogens with zero attached hydrogens (tertiary/aromatic N) is 3. The second-order valence-corrected chi connectivity index (χ2v) is 33.8. The van der Waals surface area contributed by atoms with Gasteiger partial charge in [0.05, 0.1) is 38.1 Å². The van der Waals surface area contributed by atoms with Gasteiger partial charge in [0, 0.05) is 20.8 Å². The second kappa shape index (κ2) is 27.5. The van der Waals surface area contributed by atoms with Crippen molar-refractivity contribution in [3.05, 3.63) is 124 Å². The van der Waals surface area contributed by atoms with Gasteiger partial charge < -0.3 is 28.4 Å². The molecule has 0 saturated heterocycles. The average Bonchev–Trinajstić information content (AvgIpc) is 1.69. The zero-order valence-corrected chi connectivity index (χ0v) is 60.5. The summed E-state index contributed by atoms with van der Waals surface area (Å²) in [6.07, 6.45) is -7.19. The van der Waals surface area contributed by atoms with E-state index in [1.54, 1.807) is 39.0 Å². The lowest BCUT2D eigenvalue weighted by molar-refractivity contribution is -0.139. The molecule has 12 rings (SSSR count). The number of hydrogen-bond acceptors (Lipinski definition) is 13. The minimum Gasteiger partial charge on any atom is -0.490 e. The van der Waals surface area contributed by atoms with Crippen LogP contribution < -0.4 is 14.2 Å². The van der Waals surface area contributed by atoms with Crippen molar-refractivity contribution in [3.63, 3.8) is 0 Å². The van der Waals surface area contributed by atoms with Crippen molar-refractivity contribution in [1.29, 1.82) is 0 Å².